The molecule has 0 saturated carbocycles. The van der Waals surface area contributed by atoms with Gasteiger partial charge in [0.1, 0.15) is 0 Å². The molecule has 0 unspecified atom stereocenters. The highest BCUT2D eigenvalue weighted by Crippen LogP contribution is 2.39. The van der Waals surface area contributed by atoms with Crippen LogP contribution < -0.4 is 5.32 Å². The molecule has 0 saturated heterocycles. The van der Waals surface area contributed by atoms with Crippen LogP contribution in [-0.2, 0) is 14.3 Å². The van der Waals surface area contributed by atoms with Crippen molar-refractivity contribution in [1.82, 2.24) is 5.32 Å². The van der Waals surface area contributed by atoms with Gasteiger partial charge in [0.25, 0.3) is 0 Å². The number of amides is 1. The third-order valence-corrected chi connectivity index (χ3v) is 12.8. The second-order valence-electron chi connectivity index (χ2n) is 21.0. The molecule has 1 N–H and O–H groups in total. The van der Waals surface area contributed by atoms with Gasteiger partial charge in [-0.2, -0.15) is 0 Å². The van der Waals surface area contributed by atoms with E-state index in [9.17, 15) is 4.79 Å². The van der Waals surface area contributed by atoms with E-state index in [0.29, 0.717) is 12.6 Å². The molecular weight excluding hydrogens is 687 g/mol. The van der Waals surface area contributed by atoms with Crippen molar-refractivity contribution in [2.24, 2.45) is 10.8 Å². The molecule has 0 aromatic carbocycles. The molecule has 0 radical (unpaired) electrons. The molecule has 56 heavy (non-hydrogen) atoms. The Kier molecular flexibility index (Phi) is 33.8. The predicted octanol–water partition coefficient (Wildman–Crippen LogP) is 17.0. The molecule has 0 aliphatic heterocycles. The van der Waals surface area contributed by atoms with Gasteiger partial charge in [-0.05, 0) is 71.6 Å². The smallest absolute Gasteiger partial charge is 0.225 e. The van der Waals surface area contributed by atoms with Gasteiger partial charge in [0.05, 0.1) is 17.8 Å². The van der Waals surface area contributed by atoms with E-state index in [-0.39, 0.29) is 22.5 Å². The van der Waals surface area contributed by atoms with Gasteiger partial charge < -0.3 is 14.8 Å². The van der Waals surface area contributed by atoms with E-state index in [4.69, 9.17) is 9.47 Å². The summed E-state index contributed by atoms with van der Waals surface area (Å²) in [4.78, 5) is 14.0. The van der Waals surface area contributed by atoms with Gasteiger partial charge in [0.2, 0.25) is 5.91 Å². The maximum Gasteiger partial charge on any atom is 0.225 e. The van der Waals surface area contributed by atoms with Crippen molar-refractivity contribution in [1.29, 1.82) is 0 Å². The van der Waals surface area contributed by atoms with Crippen LogP contribution in [0.1, 0.15) is 288 Å². The third-order valence-electron chi connectivity index (χ3n) is 12.8. The second kappa shape index (κ2) is 34.1. The highest BCUT2D eigenvalue weighted by molar-refractivity contribution is 5.82. The van der Waals surface area contributed by atoms with Crippen LogP contribution in [0.3, 0.4) is 0 Å². The molecule has 1 amide bonds. The van der Waals surface area contributed by atoms with E-state index in [2.05, 4.69) is 74.6 Å². The minimum Gasteiger partial charge on any atom is -0.379 e. The second-order valence-corrected chi connectivity index (χ2v) is 21.0. The van der Waals surface area contributed by atoms with E-state index >= 15 is 0 Å². The molecule has 0 rings (SSSR count). The van der Waals surface area contributed by atoms with Gasteiger partial charge in [0.15, 0.2) is 0 Å². The van der Waals surface area contributed by atoms with Crippen LogP contribution in [-0.4, -0.2) is 36.9 Å². The molecule has 336 valence electrons. The lowest BCUT2D eigenvalue weighted by atomic mass is 9.71. The highest BCUT2D eigenvalue weighted by atomic mass is 16.5. The van der Waals surface area contributed by atoms with Gasteiger partial charge in [-0.25, -0.2) is 0 Å². The number of carbonyl (C=O) groups is 1. The van der Waals surface area contributed by atoms with Gasteiger partial charge in [0, 0.05) is 18.6 Å². The van der Waals surface area contributed by atoms with Crippen LogP contribution in [0.5, 0.6) is 0 Å². The Morgan fingerprint density at radius 1 is 0.464 bits per heavy atom. The van der Waals surface area contributed by atoms with Crippen LogP contribution in [0.15, 0.2) is 0 Å². The van der Waals surface area contributed by atoms with Crippen LogP contribution in [0.4, 0.5) is 0 Å². The van der Waals surface area contributed by atoms with Crippen LogP contribution in [0, 0.1) is 10.8 Å². The maximum atomic E-state index is 14.0. The van der Waals surface area contributed by atoms with Crippen molar-refractivity contribution >= 4 is 5.91 Å². The average molecular weight is 792 g/mol. The zero-order valence-electron chi connectivity index (χ0n) is 40.6. The molecule has 0 atom stereocenters. The summed E-state index contributed by atoms with van der Waals surface area (Å²) in [7, 11) is 1.77. The van der Waals surface area contributed by atoms with E-state index in [0.717, 1.165) is 38.5 Å². The van der Waals surface area contributed by atoms with E-state index < -0.39 is 5.41 Å². The number of unbranched alkanes of at least 4 members (excludes halogenated alkanes) is 26. The summed E-state index contributed by atoms with van der Waals surface area (Å²) >= 11 is 0. The number of ether oxygens (including phenoxy) is 2. The normalized spacial score (nSPS) is 12.9. The average Bonchev–Trinajstić information content (AvgIpc) is 3.13. The Balaban J connectivity index is 4.78. The molecular formula is C52H105NO3. The van der Waals surface area contributed by atoms with Crippen molar-refractivity contribution in [3.8, 4) is 0 Å². The molecule has 0 spiro atoms. The highest BCUT2D eigenvalue weighted by Gasteiger charge is 2.36. The molecule has 0 aromatic heterocycles. The van der Waals surface area contributed by atoms with E-state index in [1.54, 1.807) is 7.11 Å². The first-order valence-electron chi connectivity index (χ1n) is 25.1. The Morgan fingerprint density at radius 3 is 1.14 bits per heavy atom. The Morgan fingerprint density at radius 2 is 0.804 bits per heavy atom. The summed E-state index contributed by atoms with van der Waals surface area (Å²) in [6.45, 7) is 23.0. The summed E-state index contributed by atoms with van der Waals surface area (Å²) in [5.41, 5.74) is -0.713. The summed E-state index contributed by atoms with van der Waals surface area (Å²) in [6, 6.07) is 0.309. The number of carbonyl (C=O) groups excluding carboxylic acids is 1. The van der Waals surface area contributed by atoms with Crippen molar-refractivity contribution < 1.29 is 14.3 Å². The van der Waals surface area contributed by atoms with Crippen LogP contribution in [0.2, 0.25) is 0 Å². The zero-order chi connectivity index (χ0) is 42.0. The van der Waals surface area contributed by atoms with Gasteiger partial charge in [-0.15, -0.1) is 0 Å². The van der Waals surface area contributed by atoms with Crippen molar-refractivity contribution in [2.75, 3.05) is 13.7 Å². The van der Waals surface area contributed by atoms with Crippen molar-refractivity contribution in [3.63, 3.8) is 0 Å². The minimum absolute atomic E-state index is 0.0477. The fourth-order valence-corrected chi connectivity index (χ4v) is 8.59. The Bertz CT molecular complexity index is 845. The van der Waals surface area contributed by atoms with Crippen LogP contribution in [0.25, 0.3) is 0 Å². The first-order chi connectivity index (χ1) is 26.6. The van der Waals surface area contributed by atoms with Crippen LogP contribution >= 0.6 is 0 Å². The number of methoxy groups -OCH3 is 1. The standard InChI is InChI=1S/C52H105NO3/c1-12-14-16-18-20-22-24-26-28-30-32-34-36-38-40-47(41-39-37-35-33-31-29-27-25-23-21-19-17-15-13-2)53-48(54)50(5,6)46-49(3,4)42-43-52(9,10)56-45-44-51(7,8)55-11/h47H,12-46H2,1-11H3,(H,53,54). The quantitative estimate of drug-likeness (QED) is 0.0627. The number of nitrogens with one attached hydrogen (secondary N) is 1. The molecule has 0 fully saturated rings. The largest absolute Gasteiger partial charge is 0.379 e. The Hall–Kier alpha value is -0.610. The first-order valence-corrected chi connectivity index (χ1v) is 25.1. The van der Waals surface area contributed by atoms with Gasteiger partial charge in [-0.1, -0.05) is 221 Å². The molecule has 0 aliphatic rings. The summed E-state index contributed by atoms with van der Waals surface area (Å²) in [5, 5.41) is 3.62. The molecule has 4 nitrogen and oxygen atoms in total. The molecule has 0 aliphatic carbocycles. The number of rotatable bonds is 42. The van der Waals surface area contributed by atoms with Crippen molar-refractivity contribution in [3.05, 3.63) is 0 Å². The lowest BCUT2D eigenvalue weighted by Gasteiger charge is -2.37. The lowest BCUT2D eigenvalue weighted by Crippen LogP contribution is -2.45. The number of hydrogen-bond donors (Lipinski definition) is 1. The summed E-state index contributed by atoms with van der Waals surface area (Å²) in [5.74, 6) is 0.253. The lowest BCUT2D eigenvalue weighted by molar-refractivity contribution is -0.132. The molecule has 0 bridgehead atoms. The van der Waals surface area contributed by atoms with Crippen molar-refractivity contribution in [2.45, 2.75) is 305 Å². The minimum atomic E-state index is -0.403. The summed E-state index contributed by atoms with van der Waals surface area (Å²) in [6.07, 6.45) is 44.9. The van der Waals surface area contributed by atoms with Gasteiger partial charge in [-0.3, -0.25) is 4.79 Å². The van der Waals surface area contributed by atoms with Gasteiger partial charge >= 0.3 is 0 Å². The zero-order valence-corrected chi connectivity index (χ0v) is 40.6. The molecule has 0 aromatic rings. The SMILES string of the molecule is CCCCCCCCCCCCCCCCC(CCCCCCCCCCCCCCCC)NC(=O)C(C)(C)CC(C)(C)CCC(C)(C)OCCC(C)(C)OC. The topological polar surface area (TPSA) is 47.6 Å². The maximum absolute atomic E-state index is 14.0. The summed E-state index contributed by atoms with van der Waals surface area (Å²) < 4.78 is 11.9. The monoisotopic (exact) mass is 792 g/mol. The molecule has 0 heterocycles. The first kappa shape index (κ1) is 55.4. The van der Waals surface area contributed by atoms with E-state index in [1.807, 2.05) is 0 Å². The number of hydrogen-bond acceptors (Lipinski definition) is 3. The molecule has 4 heteroatoms. The van der Waals surface area contributed by atoms with E-state index in [1.165, 1.54) is 180 Å². The predicted molar refractivity (Wildman–Crippen MR) is 249 cm³/mol. The Labute approximate surface area is 353 Å². The fraction of sp³-hybridized carbons (Fsp3) is 0.981. The third kappa shape index (κ3) is 34.3. The fourth-order valence-electron chi connectivity index (χ4n) is 8.59.